The van der Waals surface area contributed by atoms with Crippen molar-refractivity contribution in [1.29, 1.82) is 0 Å². The number of nitrogens with zero attached hydrogens (tertiary/aromatic N) is 2. The van der Waals surface area contributed by atoms with Gasteiger partial charge in [0.1, 0.15) is 5.75 Å². The molecule has 4 saturated carbocycles. The molecular weight excluding hydrogens is 324 g/mol. The molecule has 140 valence electrons. The number of carbonyl (C=O) groups excluding carboxylic acids is 1. The second kappa shape index (κ2) is 6.56. The highest BCUT2D eigenvalue weighted by molar-refractivity contribution is 5.97. The molecule has 1 aromatic rings. The molecule has 26 heavy (non-hydrogen) atoms. The summed E-state index contributed by atoms with van der Waals surface area (Å²) in [6.07, 6.45) is 7.40. The highest BCUT2D eigenvalue weighted by atomic mass is 16.5. The van der Waals surface area contributed by atoms with E-state index in [1.165, 1.54) is 32.1 Å². The van der Waals surface area contributed by atoms with Crippen LogP contribution in [0.25, 0.3) is 0 Å². The van der Waals surface area contributed by atoms with Crippen molar-refractivity contribution in [2.75, 3.05) is 33.3 Å². The largest absolute Gasteiger partial charge is 0.496 e. The second-order valence-electron chi connectivity index (χ2n) is 8.95. The van der Waals surface area contributed by atoms with Gasteiger partial charge in [-0.3, -0.25) is 9.69 Å². The quantitative estimate of drug-likeness (QED) is 0.835. The van der Waals surface area contributed by atoms with E-state index in [1.807, 2.05) is 29.2 Å². The summed E-state index contributed by atoms with van der Waals surface area (Å²) >= 11 is 0. The summed E-state index contributed by atoms with van der Waals surface area (Å²) in [5.74, 6) is 4.72. The van der Waals surface area contributed by atoms with E-state index in [0.717, 1.165) is 55.9 Å². The summed E-state index contributed by atoms with van der Waals surface area (Å²) in [6.45, 7) is 3.77. The number of amides is 1. The lowest BCUT2D eigenvalue weighted by Crippen LogP contribution is -2.60. The number of methoxy groups -OCH3 is 1. The summed E-state index contributed by atoms with van der Waals surface area (Å²) in [5.41, 5.74) is 0.693. The first-order chi connectivity index (χ1) is 12.7. The van der Waals surface area contributed by atoms with Gasteiger partial charge in [0.15, 0.2) is 0 Å². The molecule has 4 bridgehead atoms. The summed E-state index contributed by atoms with van der Waals surface area (Å²) in [4.78, 5) is 17.7. The van der Waals surface area contributed by atoms with Crippen LogP contribution in [0.3, 0.4) is 0 Å². The lowest BCUT2D eigenvalue weighted by molar-refractivity contribution is -0.0743. The van der Waals surface area contributed by atoms with Gasteiger partial charge in [0, 0.05) is 32.2 Å². The molecule has 6 rings (SSSR count). The summed E-state index contributed by atoms with van der Waals surface area (Å²) in [7, 11) is 1.64. The molecule has 0 aromatic heterocycles. The van der Waals surface area contributed by atoms with E-state index < -0.39 is 0 Å². The van der Waals surface area contributed by atoms with Gasteiger partial charge in [0.2, 0.25) is 0 Å². The van der Waals surface area contributed by atoms with Crippen LogP contribution in [-0.4, -0.2) is 55.0 Å². The van der Waals surface area contributed by atoms with E-state index in [0.29, 0.717) is 11.3 Å². The number of ether oxygens (including phenoxy) is 1. The maximum absolute atomic E-state index is 12.9. The first kappa shape index (κ1) is 16.6. The Kier molecular flexibility index (Phi) is 4.19. The van der Waals surface area contributed by atoms with Crippen LogP contribution in [-0.2, 0) is 0 Å². The Balaban J connectivity index is 1.25. The molecule has 0 N–H and O–H groups in total. The fourth-order valence-corrected chi connectivity index (χ4v) is 6.71. The number of rotatable bonds is 3. The molecule has 0 spiro atoms. The molecule has 5 fully saturated rings. The Bertz CT molecular complexity index is 652. The maximum atomic E-state index is 12.9. The molecule has 0 atom stereocenters. The van der Waals surface area contributed by atoms with E-state index in [2.05, 4.69) is 4.90 Å². The lowest BCUT2D eigenvalue weighted by Gasteiger charge is -2.58. The van der Waals surface area contributed by atoms with Crippen LogP contribution in [0.5, 0.6) is 5.75 Å². The highest BCUT2D eigenvalue weighted by Gasteiger charge is 2.50. The van der Waals surface area contributed by atoms with Gasteiger partial charge in [-0.1, -0.05) is 12.1 Å². The van der Waals surface area contributed by atoms with E-state index in [4.69, 9.17) is 4.74 Å². The normalized spacial score (nSPS) is 36.3. The van der Waals surface area contributed by atoms with Crippen molar-refractivity contribution in [2.24, 2.45) is 23.7 Å². The number of para-hydroxylation sites is 1. The maximum Gasteiger partial charge on any atom is 0.257 e. The third-order valence-corrected chi connectivity index (χ3v) is 7.54. The number of piperazine rings is 1. The average molecular weight is 354 g/mol. The molecule has 1 heterocycles. The fourth-order valence-electron chi connectivity index (χ4n) is 6.71. The zero-order valence-corrected chi connectivity index (χ0v) is 15.8. The number of benzene rings is 1. The third-order valence-electron chi connectivity index (χ3n) is 7.54. The molecular formula is C22H30N2O2. The molecule has 1 aromatic carbocycles. The Morgan fingerprint density at radius 2 is 1.54 bits per heavy atom. The average Bonchev–Trinajstić information content (AvgIpc) is 2.67. The molecule has 1 amide bonds. The first-order valence-electron chi connectivity index (χ1n) is 10.4. The van der Waals surface area contributed by atoms with Gasteiger partial charge in [0.05, 0.1) is 12.7 Å². The van der Waals surface area contributed by atoms with Gasteiger partial charge in [0.25, 0.3) is 5.91 Å². The highest BCUT2D eigenvalue weighted by Crippen LogP contribution is 2.55. The van der Waals surface area contributed by atoms with Crippen LogP contribution in [0.15, 0.2) is 24.3 Å². The number of hydrogen-bond donors (Lipinski definition) is 0. The smallest absolute Gasteiger partial charge is 0.257 e. The molecule has 1 saturated heterocycles. The number of hydrogen-bond acceptors (Lipinski definition) is 3. The van der Waals surface area contributed by atoms with Crippen LogP contribution >= 0.6 is 0 Å². The zero-order chi connectivity index (χ0) is 17.7. The van der Waals surface area contributed by atoms with Crippen LogP contribution in [0.4, 0.5) is 0 Å². The van der Waals surface area contributed by atoms with E-state index in [9.17, 15) is 4.79 Å². The molecule has 4 aliphatic carbocycles. The van der Waals surface area contributed by atoms with Crippen molar-refractivity contribution in [3.63, 3.8) is 0 Å². The lowest BCUT2D eigenvalue weighted by atomic mass is 9.54. The van der Waals surface area contributed by atoms with Crippen molar-refractivity contribution in [1.82, 2.24) is 9.80 Å². The van der Waals surface area contributed by atoms with Crippen molar-refractivity contribution in [3.8, 4) is 5.75 Å². The second-order valence-corrected chi connectivity index (χ2v) is 8.95. The molecule has 0 radical (unpaired) electrons. The van der Waals surface area contributed by atoms with Crippen LogP contribution < -0.4 is 4.74 Å². The van der Waals surface area contributed by atoms with Crippen LogP contribution in [0.1, 0.15) is 42.5 Å². The molecule has 1 aliphatic heterocycles. The van der Waals surface area contributed by atoms with Gasteiger partial charge in [-0.05, 0) is 67.9 Å². The van der Waals surface area contributed by atoms with Crippen molar-refractivity contribution in [2.45, 2.75) is 38.1 Å². The van der Waals surface area contributed by atoms with Crippen molar-refractivity contribution >= 4 is 5.91 Å². The summed E-state index contributed by atoms with van der Waals surface area (Å²) in [5, 5.41) is 0. The predicted molar refractivity (Wildman–Crippen MR) is 101 cm³/mol. The minimum Gasteiger partial charge on any atom is -0.496 e. The first-order valence-corrected chi connectivity index (χ1v) is 10.4. The van der Waals surface area contributed by atoms with Crippen LogP contribution in [0.2, 0.25) is 0 Å². The monoisotopic (exact) mass is 354 g/mol. The molecule has 4 heteroatoms. The standard InChI is InChI=1S/C22H30N2O2/c1-26-20-5-3-2-4-19(20)22(25)24-8-6-23(7-9-24)21-17-11-15-10-16(13-17)14-18(21)12-15/h2-5,15-18,21H,6-14H2,1H3. The van der Waals surface area contributed by atoms with Gasteiger partial charge in [-0.2, -0.15) is 0 Å². The minimum atomic E-state index is 0.118. The zero-order valence-electron chi connectivity index (χ0n) is 15.8. The summed E-state index contributed by atoms with van der Waals surface area (Å²) in [6, 6.07) is 8.38. The van der Waals surface area contributed by atoms with Gasteiger partial charge in [-0.15, -0.1) is 0 Å². The minimum absolute atomic E-state index is 0.118. The van der Waals surface area contributed by atoms with Crippen molar-refractivity contribution in [3.05, 3.63) is 29.8 Å². The number of carbonyl (C=O) groups is 1. The Labute approximate surface area is 156 Å². The van der Waals surface area contributed by atoms with Gasteiger partial charge < -0.3 is 9.64 Å². The Morgan fingerprint density at radius 1 is 0.923 bits per heavy atom. The third kappa shape index (κ3) is 2.74. The Morgan fingerprint density at radius 3 is 2.15 bits per heavy atom. The van der Waals surface area contributed by atoms with Crippen molar-refractivity contribution < 1.29 is 9.53 Å². The SMILES string of the molecule is COc1ccccc1C(=O)N1CCN(C2C3CC4CC(C3)CC2C4)CC1. The van der Waals surface area contributed by atoms with E-state index in [1.54, 1.807) is 7.11 Å². The molecule has 0 unspecified atom stereocenters. The fraction of sp³-hybridized carbons (Fsp3) is 0.682. The van der Waals surface area contributed by atoms with E-state index >= 15 is 0 Å². The van der Waals surface area contributed by atoms with Gasteiger partial charge >= 0.3 is 0 Å². The van der Waals surface area contributed by atoms with E-state index in [-0.39, 0.29) is 5.91 Å². The molecule has 4 nitrogen and oxygen atoms in total. The topological polar surface area (TPSA) is 32.8 Å². The molecule has 5 aliphatic rings. The predicted octanol–water partition coefficient (Wildman–Crippen LogP) is 3.28. The Hall–Kier alpha value is -1.55. The summed E-state index contributed by atoms with van der Waals surface area (Å²) < 4.78 is 5.38. The van der Waals surface area contributed by atoms with Crippen LogP contribution in [0, 0.1) is 23.7 Å². The van der Waals surface area contributed by atoms with Gasteiger partial charge in [-0.25, -0.2) is 0 Å².